The first kappa shape index (κ1) is 31.1. The molecule has 0 aliphatic carbocycles. The highest BCUT2D eigenvalue weighted by Gasteiger charge is 2.31. The first-order valence-electron chi connectivity index (χ1n) is 14.2. The summed E-state index contributed by atoms with van der Waals surface area (Å²) < 4.78 is 6.79. The molecule has 1 N–H and O–H groups in total. The molecule has 3 aromatic rings. The zero-order valence-electron chi connectivity index (χ0n) is 23.9. The molecule has 14 heteroatoms. The summed E-state index contributed by atoms with van der Waals surface area (Å²) in [6.45, 7) is 5.71. The number of esters is 1. The number of ether oxygens (including phenoxy) is 1. The Bertz CT molecular complexity index is 1490. The number of carbonyl (C=O) groups excluding carboxylic acids is 1. The summed E-state index contributed by atoms with van der Waals surface area (Å²) in [4.78, 5) is 33.2. The highest BCUT2D eigenvalue weighted by Crippen LogP contribution is 2.38. The number of fused-ring (bicyclic) bond motifs is 3. The molecule has 0 amide bonds. The van der Waals surface area contributed by atoms with Gasteiger partial charge in [-0.1, -0.05) is 41.6 Å². The second-order valence-corrected chi connectivity index (χ2v) is 11.8. The Morgan fingerprint density at radius 1 is 1.12 bits per heavy atom. The summed E-state index contributed by atoms with van der Waals surface area (Å²) in [7, 11) is 1.34. The van der Waals surface area contributed by atoms with Gasteiger partial charge in [-0.3, -0.25) is 29.4 Å². The second-order valence-electron chi connectivity index (χ2n) is 10.3. The minimum Gasteiger partial charge on any atom is -0.469 e. The normalized spacial score (nSPS) is 17.1. The summed E-state index contributed by atoms with van der Waals surface area (Å²) in [5, 5.41) is 31.1. The van der Waals surface area contributed by atoms with Crippen molar-refractivity contribution < 1.29 is 19.6 Å². The van der Waals surface area contributed by atoms with Gasteiger partial charge >= 0.3 is 5.97 Å². The van der Waals surface area contributed by atoms with E-state index in [0.29, 0.717) is 45.0 Å². The number of thioether (sulfide) groups is 1. The molecule has 1 aromatic heterocycles. The van der Waals surface area contributed by atoms with Crippen molar-refractivity contribution in [2.75, 3.05) is 58.7 Å². The molecule has 5 rings (SSSR count). The molecule has 43 heavy (non-hydrogen) atoms. The van der Waals surface area contributed by atoms with Gasteiger partial charge in [-0.05, 0) is 31.5 Å². The minimum absolute atomic E-state index is 0.0746. The van der Waals surface area contributed by atoms with E-state index in [1.165, 1.54) is 19.2 Å². The van der Waals surface area contributed by atoms with E-state index < -0.39 is 11.0 Å². The van der Waals surface area contributed by atoms with Gasteiger partial charge in [0.2, 0.25) is 0 Å². The van der Waals surface area contributed by atoms with Gasteiger partial charge in [-0.2, -0.15) is 0 Å². The summed E-state index contributed by atoms with van der Waals surface area (Å²) in [5.74, 6) is 0.968. The van der Waals surface area contributed by atoms with Gasteiger partial charge in [0.05, 0.1) is 30.0 Å². The molecule has 0 bridgehead atoms. The van der Waals surface area contributed by atoms with Crippen molar-refractivity contribution in [1.82, 2.24) is 24.6 Å². The maximum Gasteiger partial charge on any atom is 0.305 e. The largest absolute Gasteiger partial charge is 0.469 e. The number of benzene rings is 2. The van der Waals surface area contributed by atoms with Crippen LogP contribution >= 0.6 is 23.4 Å². The quantitative estimate of drug-likeness (QED) is 0.104. The van der Waals surface area contributed by atoms with Crippen LogP contribution in [0.1, 0.15) is 42.3 Å². The first-order chi connectivity index (χ1) is 20.9. The number of aliphatic imine (C=N–C) groups is 1. The van der Waals surface area contributed by atoms with E-state index in [1.807, 2.05) is 22.8 Å². The van der Waals surface area contributed by atoms with E-state index in [-0.39, 0.29) is 24.7 Å². The molecule has 2 aliphatic rings. The van der Waals surface area contributed by atoms with Crippen LogP contribution in [0.25, 0.3) is 5.69 Å². The molecular formula is C29H34ClN7O5S. The summed E-state index contributed by atoms with van der Waals surface area (Å²) >= 11 is 8.19. The molecule has 0 spiro atoms. The van der Waals surface area contributed by atoms with Crippen molar-refractivity contribution in [1.29, 1.82) is 0 Å². The van der Waals surface area contributed by atoms with Crippen LogP contribution in [0, 0.1) is 10.1 Å². The number of aromatic nitrogens is 3. The number of methoxy groups -OCH3 is 1. The molecule has 228 valence electrons. The van der Waals surface area contributed by atoms with Crippen LogP contribution in [0.4, 0.5) is 5.69 Å². The minimum atomic E-state index is -0.575. The molecule has 12 nitrogen and oxygen atoms in total. The molecule has 0 radical (unpaired) electrons. The lowest BCUT2D eigenvalue weighted by Gasteiger charge is -2.34. The van der Waals surface area contributed by atoms with Gasteiger partial charge in [-0.25, -0.2) is 0 Å². The predicted octanol–water partition coefficient (Wildman–Crippen LogP) is 3.77. The number of non-ortho nitro benzene ring substituents is 1. The van der Waals surface area contributed by atoms with Crippen LogP contribution in [0.5, 0.6) is 0 Å². The number of aliphatic hydroxyl groups excluding tert-OH is 1. The Labute approximate surface area is 258 Å². The molecule has 3 heterocycles. The van der Waals surface area contributed by atoms with Gasteiger partial charge in [0.25, 0.3) is 5.69 Å². The van der Waals surface area contributed by atoms with E-state index in [9.17, 15) is 20.0 Å². The molecule has 0 unspecified atom stereocenters. The highest BCUT2D eigenvalue weighted by molar-refractivity contribution is 7.99. The van der Waals surface area contributed by atoms with E-state index in [1.54, 1.807) is 23.9 Å². The van der Waals surface area contributed by atoms with Crippen molar-refractivity contribution in [2.45, 2.75) is 30.5 Å². The van der Waals surface area contributed by atoms with Crippen LogP contribution in [-0.4, -0.2) is 105 Å². The van der Waals surface area contributed by atoms with Gasteiger partial charge in [0.1, 0.15) is 6.04 Å². The number of nitro benzene ring substituents is 1. The Kier molecular flexibility index (Phi) is 10.4. The topological polar surface area (TPSA) is 139 Å². The fraction of sp³-hybridized carbons (Fsp3) is 0.448. The van der Waals surface area contributed by atoms with Crippen molar-refractivity contribution >= 4 is 40.7 Å². The summed E-state index contributed by atoms with van der Waals surface area (Å²) in [6, 6.07) is 11.3. The average molecular weight is 628 g/mol. The van der Waals surface area contributed by atoms with E-state index >= 15 is 0 Å². The molecule has 1 saturated heterocycles. The summed E-state index contributed by atoms with van der Waals surface area (Å²) in [5.41, 5.74) is 2.23. The van der Waals surface area contributed by atoms with Crippen LogP contribution in [0.3, 0.4) is 0 Å². The first-order valence-corrected chi connectivity index (χ1v) is 15.6. The van der Waals surface area contributed by atoms with Crippen molar-refractivity contribution in [3.63, 3.8) is 0 Å². The summed E-state index contributed by atoms with van der Waals surface area (Å²) in [6.07, 6.45) is 1.35. The number of carbonyl (C=O) groups is 1. The van der Waals surface area contributed by atoms with E-state index in [4.69, 9.17) is 21.3 Å². The SMILES string of the molecule is COC(=O)CC[C@@H]1N=C(c2ccccc2Cl)c2cc([N+](=O)[O-])ccc2-n2c(SCCCN3CCN(CCO)CC3)nnc21. The lowest BCUT2D eigenvalue weighted by atomic mass is 9.99. The van der Waals surface area contributed by atoms with E-state index in [0.717, 1.165) is 51.4 Å². The second kappa shape index (κ2) is 14.4. The standard InChI is InChI=1S/C29H34ClN7O5S/c1-42-26(39)10-8-24-28-32-33-29(43-18-4-11-34-12-14-35(15-13-34)16-17-38)36(28)25-9-7-20(37(40)41)19-22(25)27(31-24)21-5-2-3-6-23(21)30/h2-3,5-7,9,19,24,38H,4,8,10-18H2,1H3/t24-/m0/s1. The number of halogens is 1. The Morgan fingerprint density at radius 3 is 2.56 bits per heavy atom. The number of aliphatic hydroxyl groups is 1. The van der Waals surface area contributed by atoms with Crippen molar-refractivity contribution in [2.24, 2.45) is 4.99 Å². The number of β-amino-alcohol motifs (C(OH)–C–C–N with tert-alkyl or cyclic N) is 1. The van der Waals surface area contributed by atoms with Gasteiger partial charge in [-0.15, -0.1) is 10.2 Å². The third-order valence-corrected chi connectivity index (χ3v) is 8.98. The Balaban J connectivity index is 1.46. The number of rotatable bonds is 12. The van der Waals surface area contributed by atoms with E-state index in [2.05, 4.69) is 20.0 Å². The van der Waals surface area contributed by atoms with Crippen molar-refractivity contribution in [3.05, 3.63) is 74.6 Å². The molecular weight excluding hydrogens is 594 g/mol. The third kappa shape index (κ3) is 7.24. The zero-order chi connectivity index (χ0) is 30.3. The smallest absolute Gasteiger partial charge is 0.305 e. The zero-order valence-corrected chi connectivity index (χ0v) is 25.5. The fourth-order valence-corrected chi connectivity index (χ4v) is 6.47. The van der Waals surface area contributed by atoms with Crippen molar-refractivity contribution in [3.8, 4) is 5.69 Å². The molecule has 1 fully saturated rings. The van der Waals surface area contributed by atoms with Gasteiger partial charge in [0.15, 0.2) is 11.0 Å². The molecule has 1 atom stereocenters. The Hall–Kier alpha value is -3.36. The maximum atomic E-state index is 12.1. The fourth-order valence-electron chi connectivity index (χ4n) is 5.37. The number of hydrogen-bond acceptors (Lipinski definition) is 11. The van der Waals surface area contributed by atoms with Crippen LogP contribution in [0.2, 0.25) is 5.02 Å². The molecule has 2 aliphatic heterocycles. The average Bonchev–Trinajstić information content (AvgIpc) is 3.38. The van der Waals surface area contributed by atoms with Crippen LogP contribution < -0.4 is 0 Å². The lowest BCUT2D eigenvalue weighted by Crippen LogP contribution is -2.47. The van der Waals surface area contributed by atoms with Gasteiger partial charge in [0, 0.05) is 73.2 Å². The predicted molar refractivity (Wildman–Crippen MR) is 164 cm³/mol. The monoisotopic (exact) mass is 627 g/mol. The maximum absolute atomic E-state index is 12.1. The number of piperazine rings is 1. The highest BCUT2D eigenvalue weighted by atomic mass is 35.5. The van der Waals surface area contributed by atoms with Crippen LogP contribution in [-0.2, 0) is 9.53 Å². The number of nitro groups is 1. The number of nitrogens with zero attached hydrogens (tertiary/aromatic N) is 7. The molecule has 0 saturated carbocycles. The van der Waals surface area contributed by atoms with Crippen LogP contribution in [0.15, 0.2) is 52.6 Å². The molecule has 2 aromatic carbocycles. The third-order valence-electron chi connectivity index (χ3n) is 7.64. The Morgan fingerprint density at radius 2 is 1.86 bits per heavy atom. The van der Waals surface area contributed by atoms with Gasteiger partial charge < -0.3 is 14.7 Å². The lowest BCUT2D eigenvalue weighted by molar-refractivity contribution is -0.384. The number of hydrogen-bond donors (Lipinski definition) is 1.